The first-order chi connectivity index (χ1) is 5.29. The lowest BCUT2D eigenvalue weighted by Gasteiger charge is -1.91. The van der Waals surface area contributed by atoms with Crippen molar-refractivity contribution in [1.82, 2.24) is 10.3 Å². The molecule has 1 heterocycles. The highest BCUT2D eigenvalue weighted by Gasteiger charge is 2.05. The van der Waals surface area contributed by atoms with Crippen LogP contribution in [0, 0.1) is 10.5 Å². The molecule has 56 valence electrons. The highest BCUT2D eigenvalue weighted by molar-refractivity contribution is 14.1. The number of hydrogen-bond acceptors (Lipinski definition) is 3. The van der Waals surface area contributed by atoms with Gasteiger partial charge in [-0.2, -0.15) is 0 Å². The first kappa shape index (κ1) is 7.02. The predicted molar refractivity (Wildman–Crippen MR) is 49.3 cm³/mol. The maximum atomic E-state index is 4.62. The van der Waals surface area contributed by atoms with Crippen LogP contribution in [0.4, 0.5) is 0 Å². The molecule has 2 rings (SSSR count). The lowest BCUT2D eigenvalue weighted by molar-refractivity contribution is 0.315. The highest BCUT2D eigenvalue weighted by Crippen LogP contribution is 2.19. The Bertz CT molecular complexity index is 360. The Balaban J connectivity index is 2.96. The number of aryl methyl sites for hydroxylation is 1. The minimum absolute atomic E-state index is 0.852. The van der Waals surface area contributed by atoms with E-state index in [2.05, 4.69) is 37.5 Å². The summed E-state index contributed by atoms with van der Waals surface area (Å²) in [7, 11) is 0. The lowest BCUT2D eigenvalue weighted by atomic mass is 10.2. The van der Waals surface area contributed by atoms with Gasteiger partial charge in [0.05, 0.1) is 0 Å². The highest BCUT2D eigenvalue weighted by atomic mass is 127. The van der Waals surface area contributed by atoms with Crippen LogP contribution in [-0.4, -0.2) is 10.3 Å². The second-order valence-corrected chi connectivity index (χ2v) is 3.49. The Morgan fingerprint density at radius 3 is 2.73 bits per heavy atom. The zero-order valence-corrected chi connectivity index (χ0v) is 7.99. The molecule has 2 aromatic rings. The zero-order valence-electron chi connectivity index (χ0n) is 5.84. The van der Waals surface area contributed by atoms with Gasteiger partial charge in [-0.1, -0.05) is 6.07 Å². The second-order valence-electron chi connectivity index (χ2n) is 2.33. The van der Waals surface area contributed by atoms with E-state index in [1.165, 1.54) is 0 Å². The van der Waals surface area contributed by atoms with Crippen LogP contribution in [0.5, 0.6) is 0 Å². The van der Waals surface area contributed by atoms with E-state index < -0.39 is 0 Å². The topological polar surface area (TPSA) is 38.9 Å². The van der Waals surface area contributed by atoms with Crippen molar-refractivity contribution in [2.24, 2.45) is 0 Å². The molecule has 0 unspecified atom stereocenters. The third-order valence-electron chi connectivity index (χ3n) is 1.57. The SMILES string of the molecule is Cc1ccc(I)c2nonc12. The smallest absolute Gasteiger partial charge is 0.148 e. The summed E-state index contributed by atoms with van der Waals surface area (Å²) >= 11 is 2.21. The number of aromatic nitrogens is 2. The van der Waals surface area contributed by atoms with Gasteiger partial charge in [0.1, 0.15) is 11.0 Å². The zero-order chi connectivity index (χ0) is 7.84. The third-order valence-corrected chi connectivity index (χ3v) is 2.44. The van der Waals surface area contributed by atoms with E-state index in [9.17, 15) is 0 Å². The molecule has 0 bridgehead atoms. The quantitative estimate of drug-likeness (QED) is 0.681. The Labute approximate surface area is 76.9 Å². The Morgan fingerprint density at radius 1 is 1.27 bits per heavy atom. The van der Waals surface area contributed by atoms with Crippen LogP contribution >= 0.6 is 22.6 Å². The number of fused-ring (bicyclic) bond motifs is 1. The fraction of sp³-hybridized carbons (Fsp3) is 0.143. The molecular formula is C7H5IN2O. The number of benzene rings is 1. The van der Waals surface area contributed by atoms with Gasteiger partial charge in [-0.15, -0.1) is 0 Å². The fourth-order valence-corrected chi connectivity index (χ4v) is 1.49. The van der Waals surface area contributed by atoms with Crippen LogP contribution in [0.15, 0.2) is 16.8 Å². The van der Waals surface area contributed by atoms with Crippen LogP contribution < -0.4 is 0 Å². The lowest BCUT2D eigenvalue weighted by Crippen LogP contribution is -1.79. The Morgan fingerprint density at radius 2 is 2.00 bits per heavy atom. The van der Waals surface area contributed by atoms with Crippen molar-refractivity contribution in [3.05, 3.63) is 21.3 Å². The van der Waals surface area contributed by atoms with Gasteiger partial charge in [0, 0.05) is 3.57 Å². The summed E-state index contributed by atoms with van der Waals surface area (Å²) in [6.07, 6.45) is 0. The van der Waals surface area contributed by atoms with E-state index in [0.29, 0.717) is 0 Å². The summed E-state index contributed by atoms with van der Waals surface area (Å²) in [5.41, 5.74) is 2.81. The summed E-state index contributed by atoms with van der Waals surface area (Å²) in [6, 6.07) is 4.01. The minimum atomic E-state index is 0.852. The average Bonchev–Trinajstić information content (AvgIpc) is 2.45. The predicted octanol–water partition coefficient (Wildman–Crippen LogP) is 2.14. The van der Waals surface area contributed by atoms with E-state index in [-0.39, 0.29) is 0 Å². The molecule has 11 heavy (non-hydrogen) atoms. The van der Waals surface area contributed by atoms with Crippen molar-refractivity contribution in [3.8, 4) is 0 Å². The van der Waals surface area contributed by atoms with Crippen LogP contribution in [0.2, 0.25) is 0 Å². The molecule has 0 aliphatic rings. The van der Waals surface area contributed by atoms with E-state index in [0.717, 1.165) is 20.2 Å². The van der Waals surface area contributed by atoms with E-state index in [1.807, 2.05) is 19.1 Å². The van der Waals surface area contributed by atoms with Gasteiger partial charge in [-0.05, 0) is 51.5 Å². The van der Waals surface area contributed by atoms with Crippen molar-refractivity contribution in [2.75, 3.05) is 0 Å². The molecule has 0 N–H and O–H groups in total. The van der Waals surface area contributed by atoms with Crippen molar-refractivity contribution >= 4 is 33.6 Å². The molecule has 0 aliphatic carbocycles. The molecule has 0 atom stereocenters. The summed E-state index contributed by atoms with van der Waals surface area (Å²) in [5.74, 6) is 0. The Hall–Kier alpha value is -0.650. The van der Waals surface area contributed by atoms with Crippen molar-refractivity contribution in [3.63, 3.8) is 0 Å². The van der Waals surface area contributed by atoms with Gasteiger partial charge in [-0.3, -0.25) is 0 Å². The van der Waals surface area contributed by atoms with Crippen LogP contribution in [0.1, 0.15) is 5.56 Å². The molecule has 0 saturated heterocycles. The van der Waals surface area contributed by atoms with Crippen LogP contribution in [-0.2, 0) is 0 Å². The maximum Gasteiger partial charge on any atom is 0.148 e. The third kappa shape index (κ3) is 1.01. The molecule has 4 heteroatoms. The second kappa shape index (κ2) is 2.44. The van der Waals surface area contributed by atoms with Crippen molar-refractivity contribution < 1.29 is 4.63 Å². The number of rotatable bonds is 0. The van der Waals surface area contributed by atoms with Gasteiger partial charge in [-0.25, -0.2) is 4.63 Å². The van der Waals surface area contributed by atoms with E-state index in [4.69, 9.17) is 0 Å². The van der Waals surface area contributed by atoms with Gasteiger partial charge in [0.25, 0.3) is 0 Å². The van der Waals surface area contributed by atoms with E-state index >= 15 is 0 Å². The Kier molecular flexibility index (Phi) is 1.56. The number of halogens is 1. The normalized spacial score (nSPS) is 10.7. The number of hydrogen-bond donors (Lipinski definition) is 0. The fourth-order valence-electron chi connectivity index (χ4n) is 0.960. The summed E-state index contributed by atoms with van der Waals surface area (Å²) in [4.78, 5) is 0. The molecule has 0 amide bonds. The molecule has 3 nitrogen and oxygen atoms in total. The molecule has 1 aromatic carbocycles. The molecule has 0 radical (unpaired) electrons. The first-order valence-corrected chi connectivity index (χ1v) is 4.24. The van der Waals surface area contributed by atoms with Gasteiger partial charge < -0.3 is 0 Å². The minimum Gasteiger partial charge on any atom is -0.243 e. The molecule has 1 aromatic heterocycles. The first-order valence-electron chi connectivity index (χ1n) is 3.16. The average molecular weight is 260 g/mol. The number of nitrogens with zero attached hydrogens (tertiary/aromatic N) is 2. The van der Waals surface area contributed by atoms with Crippen LogP contribution in [0.3, 0.4) is 0 Å². The van der Waals surface area contributed by atoms with E-state index in [1.54, 1.807) is 0 Å². The largest absolute Gasteiger partial charge is 0.243 e. The molecule has 0 fully saturated rings. The van der Waals surface area contributed by atoms with Crippen molar-refractivity contribution in [2.45, 2.75) is 6.92 Å². The van der Waals surface area contributed by atoms with Gasteiger partial charge in [0.2, 0.25) is 0 Å². The summed E-state index contributed by atoms with van der Waals surface area (Å²) in [6.45, 7) is 1.99. The molecule has 0 spiro atoms. The molecule has 0 aliphatic heterocycles. The van der Waals surface area contributed by atoms with Gasteiger partial charge in [0.15, 0.2) is 0 Å². The van der Waals surface area contributed by atoms with Crippen molar-refractivity contribution in [1.29, 1.82) is 0 Å². The van der Waals surface area contributed by atoms with Crippen LogP contribution in [0.25, 0.3) is 11.0 Å². The monoisotopic (exact) mass is 260 g/mol. The maximum absolute atomic E-state index is 4.62. The molecule has 0 saturated carbocycles. The standard InChI is InChI=1S/C7H5IN2O/c1-4-2-3-5(8)7-6(4)9-11-10-7/h2-3H,1H3. The molecular weight excluding hydrogens is 255 g/mol. The van der Waals surface area contributed by atoms with Gasteiger partial charge >= 0.3 is 0 Å². The summed E-state index contributed by atoms with van der Waals surface area (Å²) in [5, 5.41) is 7.57. The summed E-state index contributed by atoms with van der Waals surface area (Å²) < 4.78 is 5.70.